The van der Waals surface area contributed by atoms with Crippen LogP contribution >= 0.6 is 0 Å². The van der Waals surface area contributed by atoms with Crippen molar-refractivity contribution in [3.8, 4) is 0 Å². The zero-order chi connectivity index (χ0) is 20.0. The molecule has 0 saturated heterocycles. The summed E-state index contributed by atoms with van der Waals surface area (Å²) >= 11 is 0. The molecular weight excluding hydrogens is 302 g/mol. The van der Waals surface area contributed by atoms with Crippen molar-refractivity contribution in [2.75, 3.05) is 0 Å². The van der Waals surface area contributed by atoms with Crippen molar-refractivity contribution in [1.29, 1.82) is 0 Å². The molecule has 0 fully saturated rings. The Hall–Kier alpha value is -0.0400. The van der Waals surface area contributed by atoms with Gasteiger partial charge in [0.05, 0.1) is 0 Å². The molecule has 0 heterocycles. The van der Waals surface area contributed by atoms with E-state index in [4.69, 9.17) is 5.73 Å². The molecule has 0 spiro atoms. The van der Waals surface area contributed by atoms with Crippen molar-refractivity contribution in [3.63, 3.8) is 0 Å². The lowest BCUT2D eigenvalue weighted by Gasteiger charge is -2.45. The van der Waals surface area contributed by atoms with E-state index in [1.165, 1.54) is 25.7 Å². The second-order valence-electron chi connectivity index (χ2n) is 10.5. The molecule has 0 aliphatic carbocycles. The highest BCUT2D eigenvalue weighted by atomic mass is 14.7. The molecule has 0 aromatic rings. The van der Waals surface area contributed by atoms with Crippen molar-refractivity contribution < 1.29 is 0 Å². The summed E-state index contributed by atoms with van der Waals surface area (Å²) in [7, 11) is 0. The molecule has 1 nitrogen and oxygen atoms in total. The van der Waals surface area contributed by atoms with E-state index in [-0.39, 0.29) is 5.41 Å². The number of nitrogens with two attached hydrogens (primary N) is 1. The van der Waals surface area contributed by atoms with Gasteiger partial charge in [-0.15, -0.1) is 0 Å². The quantitative estimate of drug-likeness (QED) is 0.385. The van der Waals surface area contributed by atoms with E-state index in [9.17, 15) is 0 Å². The van der Waals surface area contributed by atoms with Crippen LogP contribution in [0.25, 0.3) is 0 Å². The molecule has 0 amide bonds. The molecule has 25 heavy (non-hydrogen) atoms. The van der Waals surface area contributed by atoms with Crippen LogP contribution in [0.3, 0.4) is 0 Å². The summed E-state index contributed by atoms with van der Waals surface area (Å²) < 4.78 is 0. The molecule has 4 atom stereocenters. The van der Waals surface area contributed by atoms with E-state index in [2.05, 4.69) is 76.2 Å². The Kier molecular flexibility index (Phi) is 10.3. The summed E-state index contributed by atoms with van der Waals surface area (Å²) in [5.41, 5.74) is 7.51. The molecule has 4 unspecified atom stereocenters. The lowest BCUT2D eigenvalue weighted by Crippen LogP contribution is -2.46. The van der Waals surface area contributed by atoms with E-state index in [0.717, 1.165) is 30.1 Å². The third kappa shape index (κ3) is 6.89. The minimum absolute atomic E-state index is 0.232. The molecule has 1 heteroatoms. The van der Waals surface area contributed by atoms with Crippen LogP contribution in [0.4, 0.5) is 0 Å². The maximum Gasteiger partial charge on any atom is 0.0100 e. The van der Waals surface area contributed by atoms with Gasteiger partial charge in [0, 0.05) is 6.04 Å². The van der Waals surface area contributed by atoms with Crippen molar-refractivity contribution in [3.05, 3.63) is 0 Å². The highest BCUT2D eigenvalue weighted by Crippen LogP contribution is 2.44. The van der Waals surface area contributed by atoms with Gasteiger partial charge in [-0.1, -0.05) is 89.0 Å². The zero-order valence-electron chi connectivity index (χ0n) is 19.6. The smallest absolute Gasteiger partial charge is 0.0100 e. The largest absolute Gasteiger partial charge is 0.327 e. The number of hydrogen-bond acceptors (Lipinski definition) is 1. The van der Waals surface area contributed by atoms with Gasteiger partial charge in [0.2, 0.25) is 0 Å². The highest BCUT2D eigenvalue weighted by Gasteiger charge is 2.39. The van der Waals surface area contributed by atoms with Gasteiger partial charge in [-0.25, -0.2) is 0 Å². The Labute approximate surface area is 160 Å². The fraction of sp³-hybridized carbons (Fsp3) is 1.00. The summed E-state index contributed by atoms with van der Waals surface area (Å²) in [4.78, 5) is 0. The first-order valence-corrected chi connectivity index (χ1v) is 11.1. The first-order chi connectivity index (χ1) is 11.3. The number of rotatable bonds is 12. The SMILES string of the molecule is CCC(C)(CC)CC(N)C(C)(CCC(C(C)C)C(C)C(C)C)C(C)C. The molecule has 152 valence electrons. The van der Waals surface area contributed by atoms with Gasteiger partial charge in [0.1, 0.15) is 0 Å². The van der Waals surface area contributed by atoms with Gasteiger partial charge in [-0.2, -0.15) is 0 Å². The van der Waals surface area contributed by atoms with Gasteiger partial charge in [0.15, 0.2) is 0 Å². The second kappa shape index (κ2) is 10.3. The molecule has 0 aliphatic rings. The summed E-state index contributed by atoms with van der Waals surface area (Å²) in [5, 5.41) is 0. The topological polar surface area (TPSA) is 26.0 Å². The first kappa shape index (κ1) is 25.0. The van der Waals surface area contributed by atoms with Crippen LogP contribution in [-0.2, 0) is 0 Å². The Morgan fingerprint density at radius 3 is 1.60 bits per heavy atom. The molecular formula is C24H51N. The standard InChI is InChI=1S/C24H51N/c1-12-23(10,13-2)16-22(25)24(11,19(7)8)15-14-21(18(5)6)20(9)17(3)4/h17-22H,12-16,25H2,1-11H3. The van der Waals surface area contributed by atoms with Crippen LogP contribution in [-0.4, -0.2) is 6.04 Å². The normalized spacial score (nSPS) is 19.3. The lowest BCUT2D eigenvalue weighted by molar-refractivity contribution is 0.0823. The Balaban J connectivity index is 5.25. The van der Waals surface area contributed by atoms with Crippen molar-refractivity contribution in [2.24, 2.45) is 46.2 Å². The Morgan fingerprint density at radius 2 is 1.28 bits per heavy atom. The molecule has 0 rings (SSSR count). The molecule has 0 bridgehead atoms. The maximum atomic E-state index is 6.89. The second-order valence-corrected chi connectivity index (χ2v) is 10.5. The lowest BCUT2D eigenvalue weighted by atomic mass is 9.63. The van der Waals surface area contributed by atoms with Crippen LogP contribution in [0.5, 0.6) is 0 Å². The number of hydrogen-bond donors (Lipinski definition) is 1. The summed E-state index contributed by atoms with van der Waals surface area (Å²) in [5.74, 6) is 3.72. The summed E-state index contributed by atoms with van der Waals surface area (Å²) in [6, 6.07) is 0.291. The van der Waals surface area contributed by atoms with E-state index in [1.54, 1.807) is 0 Å². The molecule has 0 aromatic carbocycles. The fourth-order valence-corrected chi connectivity index (χ4v) is 4.38. The van der Waals surface area contributed by atoms with Crippen molar-refractivity contribution >= 4 is 0 Å². The average molecular weight is 354 g/mol. The third-order valence-electron chi connectivity index (χ3n) is 8.19. The molecule has 0 aromatic heterocycles. The van der Waals surface area contributed by atoms with Crippen LogP contribution < -0.4 is 5.73 Å². The van der Waals surface area contributed by atoms with E-state index in [1.807, 2.05) is 0 Å². The van der Waals surface area contributed by atoms with E-state index < -0.39 is 0 Å². The van der Waals surface area contributed by atoms with Gasteiger partial charge in [-0.3, -0.25) is 0 Å². The summed E-state index contributed by atoms with van der Waals surface area (Å²) in [6.45, 7) is 26.3. The van der Waals surface area contributed by atoms with E-state index in [0.29, 0.717) is 17.4 Å². The van der Waals surface area contributed by atoms with Crippen molar-refractivity contribution in [2.45, 2.75) is 114 Å². The van der Waals surface area contributed by atoms with Gasteiger partial charge < -0.3 is 5.73 Å². The molecule has 0 aliphatic heterocycles. The van der Waals surface area contributed by atoms with Crippen LogP contribution in [0.15, 0.2) is 0 Å². The fourth-order valence-electron chi connectivity index (χ4n) is 4.38. The zero-order valence-corrected chi connectivity index (χ0v) is 19.6. The predicted molar refractivity (Wildman–Crippen MR) is 116 cm³/mol. The monoisotopic (exact) mass is 353 g/mol. The minimum atomic E-state index is 0.232. The third-order valence-corrected chi connectivity index (χ3v) is 8.19. The predicted octanol–water partition coefficient (Wildman–Crippen LogP) is 7.54. The first-order valence-electron chi connectivity index (χ1n) is 11.1. The minimum Gasteiger partial charge on any atom is -0.327 e. The van der Waals surface area contributed by atoms with Gasteiger partial charge in [0.25, 0.3) is 0 Å². The molecule has 0 radical (unpaired) electrons. The van der Waals surface area contributed by atoms with Crippen LogP contribution in [0.1, 0.15) is 108 Å². The van der Waals surface area contributed by atoms with Gasteiger partial charge in [-0.05, 0) is 59.7 Å². The van der Waals surface area contributed by atoms with Crippen molar-refractivity contribution in [1.82, 2.24) is 0 Å². The van der Waals surface area contributed by atoms with Crippen LogP contribution in [0.2, 0.25) is 0 Å². The molecule has 2 N–H and O–H groups in total. The van der Waals surface area contributed by atoms with E-state index >= 15 is 0 Å². The summed E-state index contributed by atoms with van der Waals surface area (Å²) in [6.07, 6.45) is 6.18. The average Bonchev–Trinajstić information content (AvgIpc) is 2.53. The Morgan fingerprint density at radius 1 is 0.800 bits per heavy atom. The van der Waals surface area contributed by atoms with Gasteiger partial charge >= 0.3 is 0 Å². The molecule has 0 saturated carbocycles. The highest BCUT2D eigenvalue weighted by molar-refractivity contribution is 4.92. The Bertz CT molecular complexity index is 353. The maximum absolute atomic E-state index is 6.89. The van der Waals surface area contributed by atoms with Crippen LogP contribution in [0, 0.1) is 40.4 Å².